The zero-order valence-electron chi connectivity index (χ0n) is 22.2. The third kappa shape index (κ3) is 4.84. The van der Waals surface area contributed by atoms with Crippen LogP contribution in [0, 0.1) is 6.92 Å². The summed E-state index contributed by atoms with van der Waals surface area (Å²) in [5.41, 5.74) is 2.86. The maximum atomic E-state index is 13.5. The van der Waals surface area contributed by atoms with Gasteiger partial charge in [0.05, 0.1) is 22.4 Å². The third-order valence-electron chi connectivity index (χ3n) is 7.36. The molecule has 0 bridgehead atoms. The normalized spacial score (nSPS) is 17.4. The fourth-order valence-electron chi connectivity index (χ4n) is 5.39. The molecule has 200 valence electrons. The van der Waals surface area contributed by atoms with E-state index < -0.39 is 0 Å². The van der Waals surface area contributed by atoms with Crippen LogP contribution in [0.15, 0.2) is 60.8 Å². The molecule has 8 nitrogen and oxygen atoms in total. The largest absolute Gasteiger partial charge is 0.457 e. The number of thiophene rings is 1. The lowest BCUT2D eigenvalue weighted by Crippen LogP contribution is -2.49. The van der Waals surface area contributed by atoms with Gasteiger partial charge in [0.1, 0.15) is 21.2 Å². The van der Waals surface area contributed by atoms with Crippen LogP contribution in [0.5, 0.6) is 11.5 Å². The van der Waals surface area contributed by atoms with Crippen molar-refractivity contribution in [1.82, 2.24) is 15.2 Å². The lowest BCUT2D eigenvalue weighted by Gasteiger charge is -2.35. The van der Waals surface area contributed by atoms with Gasteiger partial charge in [-0.15, -0.1) is 11.3 Å². The molecule has 0 unspecified atom stereocenters. The lowest BCUT2D eigenvalue weighted by molar-refractivity contribution is 0.0891. The van der Waals surface area contributed by atoms with Crippen molar-refractivity contribution >= 4 is 50.6 Å². The van der Waals surface area contributed by atoms with Crippen molar-refractivity contribution in [2.24, 2.45) is 0 Å². The minimum Gasteiger partial charge on any atom is -0.457 e. The molecule has 9 heteroatoms. The Morgan fingerprint density at radius 3 is 2.72 bits per heavy atom. The predicted molar refractivity (Wildman–Crippen MR) is 156 cm³/mol. The molecule has 0 radical (unpaired) electrons. The number of urea groups is 1. The quantitative estimate of drug-likeness (QED) is 0.284. The number of rotatable bonds is 6. The van der Waals surface area contributed by atoms with Crippen LogP contribution in [0.3, 0.4) is 0 Å². The van der Waals surface area contributed by atoms with Crippen LogP contribution in [0.2, 0.25) is 0 Å². The molecule has 1 atom stereocenters. The van der Waals surface area contributed by atoms with Gasteiger partial charge in [-0.3, -0.25) is 14.6 Å². The number of piperidine rings is 1. The molecule has 2 aliphatic heterocycles. The van der Waals surface area contributed by atoms with Gasteiger partial charge in [0.15, 0.2) is 0 Å². The zero-order valence-corrected chi connectivity index (χ0v) is 23.0. The van der Waals surface area contributed by atoms with Crippen LogP contribution in [0.25, 0.3) is 10.2 Å². The SMILES string of the molecule is Cc1cc(Oc2ccccc2)ccc1N1C(=O)Nc2c(C(=O)N[C@@H]3CCCN(C(C)C)C3)sc3nccc1c23. The summed E-state index contributed by atoms with van der Waals surface area (Å²) >= 11 is 1.32. The lowest BCUT2D eigenvalue weighted by atomic mass is 10.0. The van der Waals surface area contributed by atoms with Crippen LogP contribution < -0.4 is 20.3 Å². The Morgan fingerprint density at radius 1 is 1.13 bits per heavy atom. The average Bonchev–Trinajstić information content (AvgIpc) is 3.30. The maximum Gasteiger partial charge on any atom is 0.331 e. The highest BCUT2D eigenvalue weighted by molar-refractivity contribution is 7.21. The number of amides is 3. The number of benzene rings is 2. The van der Waals surface area contributed by atoms with Gasteiger partial charge >= 0.3 is 6.03 Å². The molecule has 2 N–H and O–H groups in total. The van der Waals surface area contributed by atoms with E-state index in [1.54, 1.807) is 11.1 Å². The molecule has 2 aromatic carbocycles. The molecule has 39 heavy (non-hydrogen) atoms. The van der Waals surface area contributed by atoms with E-state index in [1.165, 1.54) is 11.3 Å². The number of nitrogens with zero attached hydrogens (tertiary/aromatic N) is 3. The Hall–Kier alpha value is -3.95. The second kappa shape index (κ2) is 10.3. The average molecular weight is 542 g/mol. The molecule has 2 aromatic heterocycles. The number of para-hydroxylation sites is 1. The molecule has 2 aliphatic rings. The number of hydrogen-bond acceptors (Lipinski definition) is 6. The zero-order chi connectivity index (χ0) is 27.1. The summed E-state index contributed by atoms with van der Waals surface area (Å²) in [5, 5.41) is 7.00. The van der Waals surface area contributed by atoms with Crippen LogP contribution >= 0.6 is 11.3 Å². The predicted octanol–water partition coefficient (Wildman–Crippen LogP) is 6.68. The number of anilines is 3. The second-order valence-electron chi connectivity index (χ2n) is 10.3. The van der Waals surface area contributed by atoms with Crippen molar-refractivity contribution < 1.29 is 14.3 Å². The second-order valence-corrected chi connectivity index (χ2v) is 11.3. The first-order chi connectivity index (χ1) is 18.9. The van der Waals surface area contributed by atoms with E-state index >= 15 is 0 Å². The maximum absolute atomic E-state index is 13.5. The van der Waals surface area contributed by atoms with Gasteiger partial charge in [-0.1, -0.05) is 18.2 Å². The Labute approximate surface area is 231 Å². The molecule has 0 aliphatic carbocycles. The van der Waals surface area contributed by atoms with E-state index in [4.69, 9.17) is 4.74 Å². The Kier molecular flexibility index (Phi) is 6.70. The summed E-state index contributed by atoms with van der Waals surface area (Å²) in [6, 6.07) is 17.3. The van der Waals surface area contributed by atoms with E-state index in [-0.39, 0.29) is 18.0 Å². The van der Waals surface area contributed by atoms with E-state index in [0.29, 0.717) is 32.9 Å². The highest BCUT2D eigenvalue weighted by Gasteiger charge is 2.34. The number of ether oxygens (including phenoxy) is 1. The van der Waals surface area contributed by atoms with Crippen molar-refractivity contribution in [3.8, 4) is 11.5 Å². The number of hydrogen-bond donors (Lipinski definition) is 2. The van der Waals surface area contributed by atoms with Gasteiger partial charge < -0.3 is 15.4 Å². The Balaban J connectivity index is 1.30. The van der Waals surface area contributed by atoms with Crippen molar-refractivity contribution in [3.05, 3.63) is 71.2 Å². The summed E-state index contributed by atoms with van der Waals surface area (Å²) in [5.74, 6) is 1.27. The van der Waals surface area contributed by atoms with Crippen LogP contribution in [0.1, 0.15) is 41.9 Å². The Bertz CT molecular complexity index is 1550. The molecular formula is C30H31N5O3S. The first-order valence-electron chi connectivity index (χ1n) is 13.3. The van der Waals surface area contributed by atoms with Gasteiger partial charge in [-0.05, 0) is 82.1 Å². The number of aromatic nitrogens is 1. The summed E-state index contributed by atoms with van der Waals surface area (Å²) < 4.78 is 5.98. The molecule has 1 saturated heterocycles. The topological polar surface area (TPSA) is 86.8 Å². The van der Waals surface area contributed by atoms with E-state index in [1.807, 2.05) is 61.5 Å². The van der Waals surface area contributed by atoms with Crippen LogP contribution in [0.4, 0.5) is 21.9 Å². The van der Waals surface area contributed by atoms with Crippen molar-refractivity contribution in [1.29, 1.82) is 0 Å². The fourth-order valence-corrected chi connectivity index (χ4v) is 6.42. The van der Waals surface area contributed by atoms with Gasteiger partial charge in [0.2, 0.25) is 0 Å². The molecule has 0 spiro atoms. The molecule has 0 saturated carbocycles. The van der Waals surface area contributed by atoms with E-state index in [2.05, 4.69) is 34.4 Å². The van der Waals surface area contributed by atoms with Crippen molar-refractivity contribution in [3.63, 3.8) is 0 Å². The van der Waals surface area contributed by atoms with Gasteiger partial charge in [-0.25, -0.2) is 9.78 Å². The van der Waals surface area contributed by atoms with E-state index in [0.717, 1.165) is 48.3 Å². The number of carbonyl (C=O) groups excluding carboxylic acids is 2. The molecular weight excluding hydrogens is 510 g/mol. The number of pyridine rings is 1. The van der Waals surface area contributed by atoms with Crippen LogP contribution in [-0.2, 0) is 0 Å². The van der Waals surface area contributed by atoms with Gasteiger partial charge in [0.25, 0.3) is 5.91 Å². The number of aryl methyl sites for hydroxylation is 1. The summed E-state index contributed by atoms with van der Waals surface area (Å²) in [7, 11) is 0. The highest BCUT2D eigenvalue weighted by Crippen LogP contribution is 2.46. The third-order valence-corrected chi connectivity index (χ3v) is 8.46. The molecule has 3 amide bonds. The first kappa shape index (κ1) is 25.3. The molecule has 4 aromatic rings. The number of likely N-dealkylation sites (tertiary alicyclic amines) is 1. The standard InChI is InChI=1S/C30H31N5O3S/c1-18(2)34-15-7-8-20(17-34)32-28(36)27-26-25-24(13-14-31-29(25)39-27)35(30(37)33-26)23-12-11-22(16-19(23)3)38-21-9-5-4-6-10-21/h4-6,9-14,16,18,20H,7-8,15,17H2,1-3H3,(H,32,36)(H,33,37)/t20-/m1/s1. The fraction of sp³-hybridized carbons (Fsp3) is 0.300. The van der Waals surface area contributed by atoms with E-state index in [9.17, 15) is 9.59 Å². The molecule has 4 heterocycles. The summed E-state index contributed by atoms with van der Waals surface area (Å²) in [6.45, 7) is 8.19. The summed E-state index contributed by atoms with van der Waals surface area (Å²) in [4.78, 5) is 36.8. The minimum atomic E-state index is -0.314. The van der Waals surface area contributed by atoms with Gasteiger partial charge in [-0.2, -0.15) is 0 Å². The number of nitrogens with one attached hydrogen (secondary N) is 2. The van der Waals surface area contributed by atoms with Gasteiger partial charge in [0, 0.05) is 24.8 Å². The Morgan fingerprint density at radius 2 is 1.95 bits per heavy atom. The highest BCUT2D eigenvalue weighted by atomic mass is 32.1. The molecule has 1 fully saturated rings. The smallest absolute Gasteiger partial charge is 0.331 e. The first-order valence-corrected chi connectivity index (χ1v) is 14.1. The summed E-state index contributed by atoms with van der Waals surface area (Å²) in [6.07, 6.45) is 3.69. The monoisotopic (exact) mass is 541 g/mol. The van der Waals surface area contributed by atoms with Crippen molar-refractivity contribution in [2.75, 3.05) is 23.3 Å². The van der Waals surface area contributed by atoms with Crippen molar-refractivity contribution in [2.45, 2.75) is 45.7 Å². The van der Waals surface area contributed by atoms with Crippen LogP contribution in [-0.4, -0.2) is 47.0 Å². The number of carbonyl (C=O) groups is 2. The molecule has 6 rings (SSSR count). The minimum absolute atomic E-state index is 0.0774.